The first kappa shape index (κ1) is 8.10. The third-order valence-electron chi connectivity index (χ3n) is 0.713. The van der Waals surface area contributed by atoms with Crippen LogP contribution in [0.1, 0.15) is 13.8 Å². The minimum absolute atomic E-state index is 0.377. The van der Waals surface area contributed by atoms with E-state index in [1.54, 1.807) is 0 Å². The van der Waals surface area contributed by atoms with Crippen molar-refractivity contribution in [3.05, 3.63) is 0 Å². The summed E-state index contributed by atoms with van der Waals surface area (Å²) in [5, 5.41) is 2.04. The molecule has 0 aromatic rings. The van der Waals surface area contributed by atoms with Gasteiger partial charge in [0.25, 0.3) is 0 Å². The average Bonchev–Trinajstić information content (AvgIpc) is 1.63. The maximum Gasteiger partial charge on any atom is 0.243 e. The van der Waals surface area contributed by atoms with Gasteiger partial charge in [0.1, 0.15) is 0 Å². The Kier molecular flexibility index (Phi) is 2.87. The van der Waals surface area contributed by atoms with Crippen molar-refractivity contribution in [2.75, 3.05) is 0 Å². The molecule has 0 saturated carbocycles. The van der Waals surface area contributed by atoms with Gasteiger partial charge in [-0.05, 0) is 6.92 Å². The smallest absolute Gasteiger partial charge is 0.243 e. The first-order valence-corrected chi connectivity index (χ1v) is 2.61. The van der Waals surface area contributed by atoms with Crippen LogP contribution >= 0.6 is 0 Å². The van der Waals surface area contributed by atoms with Gasteiger partial charge in [0, 0.05) is 6.92 Å². The monoisotopic (exact) mass is 130 g/mol. The Hall–Kier alpha value is -0.900. The second kappa shape index (κ2) is 3.19. The van der Waals surface area contributed by atoms with E-state index in [0.29, 0.717) is 0 Å². The van der Waals surface area contributed by atoms with Gasteiger partial charge in [0.05, 0.1) is 6.04 Å². The Bertz CT molecular complexity index is 131. The molecule has 0 aliphatic heterocycles. The molecule has 52 valence electrons. The van der Waals surface area contributed by atoms with Gasteiger partial charge in [-0.3, -0.25) is 14.9 Å². The van der Waals surface area contributed by atoms with Crippen LogP contribution in [0.3, 0.4) is 0 Å². The molecule has 0 fully saturated rings. The van der Waals surface area contributed by atoms with Crippen LogP contribution in [0.25, 0.3) is 0 Å². The number of hydrogen-bond donors (Lipinski definition) is 2. The van der Waals surface area contributed by atoms with Crippen molar-refractivity contribution < 1.29 is 9.59 Å². The van der Waals surface area contributed by atoms with Crippen molar-refractivity contribution >= 4 is 11.8 Å². The summed E-state index contributed by atoms with van der Waals surface area (Å²) in [5.74, 6) is -0.820. The number of nitrogens with two attached hydrogens (primary N) is 1. The van der Waals surface area contributed by atoms with Gasteiger partial charge in [-0.15, -0.1) is 0 Å². The van der Waals surface area contributed by atoms with E-state index in [9.17, 15) is 9.59 Å². The molecule has 3 N–H and O–H groups in total. The lowest BCUT2D eigenvalue weighted by atomic mass is 10.3. The Labute approximate surface area is 53.4 Å². The molecule has 1 unspecified atom stereocenters. The molecule has 0 saturated heterocycles. The fourth-order valence-electron chi connectivity index (χ4n) is 0.287. The maximum atomic E-state index is 10.5. The van der Waals surface area contributed by atoms with E-state index in [-0.39, 0.29) is 5.91 Å². The molecule has 0 rings (SSSR count). The Balaban J connectivity index is 3.64. The van der Waals surface area contributed by atoms with E-state index in [2.05, 4.69) is 0 Å². The zero-order chi connectivity index (χ0) is 7.44. The van der Waals surface area contributed by atoms with E-state index in [4.69, 9.17) is 5.73 Å². The summed E-state index contributed by atoms with van der Waals surface area (Å²) >= 11 is 0. The zero-order valence-corrected chi connectivity index (χ0v) is 5.47. The second-order valence-corrected chi connectivity index (χ2v) is 1.83. The molecule has 0 spiro atoms. The van der Waals surface area contributed by atoms with E-state index < -0.39 is 11.9 Å². The highest BCUT2D eigenvalue weighted by atomic mass is 16.2. The van der Waals surface area contributed by atoms with Crippen LogP contribution in [0.5, 0.6) is 0 Å². The highest BCUT2D eigenvalue weighted by Gasteiger charge is 2.06. The predicted molar refractivity (Wildman–Crippen MR) is 32.5 cm³/mol. The fraction of sp³-hybridized carbons (Fsp3) is 0.600. The van der Waals surface area contributed by atoms with Crippen LogP contribution in [0.15, 0.2) is 0 Å². The molecule has 0 aliphatic rings. The number of hydrogen-bond acceptors (Lipinski definition) is 3. The van der Waals surface area contributed by atoms with Crippen molar-refractivity contribution in [1.82, 2.24) is 5.32 Å². The zero-order valence-electron chi connectivity index (χ0n) is 5.47. The van der Waals surface area contributed by atoms with Gasteiger partial charge in [-0.25, -0.2) is 0 Å². The van der Waals surface area contributed by atoms with Crippen molar-refractivity contribution in [3.63, 3.8) is 0 Å². The van der Waals surface area contributed by atoms with Gasteiger partial charge < -0.3 is 5.73 Å². The predicted octanol–water partition coefficient (Wildman–Crippen LogP) is -1.00. The van der Waals surface area contributed by atoms with Crippen LogP contribution in [0.2, 0.25) is 0 Å². The third kappa shape index (κ3) is 3.66. The molecule has 9 heavy (non-hydrogen) atoms. The lowest BCUT2D eigenvalue weighted by Gasteiger charge is -2.01. The van der Waals surface area contributed by atoms with Gasteiger partial charge in [-0.2, -0.15) is 0 Å². The number of imide groups is 1. The topological polar surface area (TPSA) is 72.2 Å². The van der Waals surface area contributed by atoms with Crippen molar-refractivity contribution in [1.29, 1.82) is 0 Å². The summed E-state index contributed by atoms with van der Waals surface area (Å²) < 4.78 is 0. The molecular formula is C5H10N2O2. The Morgan fingerprint density at radius 2 is 2.00 bits per heavy atom. The third-order valence-corrected chi connectivity index (χ3v) is 0.713. The summed E-state index contributed by atoms with van der Waals surface area (Å²) in [7, 11) is 0. The van der Waals surface area contributed by atoms with Gasteiger partial charge >= 0.3 is 0 Å². The molecule has 0 bridgehead atoms. The first-order chi connectivity index (χ1) is 4.04. The summed E-state index contributed by atoms with van der Waals surface area (Å²) in [4.78, 5) is 20.7. The normalized spacial score (nSPS) is 12.3. The lowest BCUT2D eigenvalue weighted by Crippen LogP contribution is -2.40. The van der Waals surface area contributed by atoms with Gasteiger partial charge in [0.15, 0.2) is 0 Å². The number of nitrogens with one attached hydrogen (secondary N) is 1. The summed E-state index contributed by atoms with van der Waals surface area (Å²) in [5.41, 5.74) is 5.12. The number of carbonyl (C=O) groups is 2. The van der Waals surface area contributed by atoms with Crippen molar-refractivity contribution in [2.45, 2.75) is 19.9 Å². The minimum Gasteiger partial charge on any atom is -0.320 e. The number of amides is 2. The molecular weight excluding hydrogens is 120 g/mol. The lowest BCUT2D eigenvalue weighted by molar-refractivity contribution is -0.129. The highest BCUT2D eigenvalue weighted by molar-refractivity contribution is 5.96. The van der Waals surface area contributed by atoms with E-state index in [1.165, 1.54) is 13.8 Å². The molecule has 0 heterocycles. The Morgan fingerprint density at radius 1 is 1.56 bits per heavy atom. The molecule has 4 nitrogen and oxygen atoms in total. The van der Waals surface area contributed by atoms with Crippen molar-refractivity contribution in [3.8, 4) is 0 Å². The average molecular weight is 130 g/mol. The highest BCUT2D eigenvalue weighted by Crippen LogP contribution is 1.73. The van der Waals surface area contributed by atoms with E-state index >= 15 is 0 Å². The number of rotatable bonds is 1. The molecule has 0 aliphatic carbocycles. The van der Waals surface area contributed by atoms with E-state index in [1.807, 2.05) is 5.32 Å². The van der Waals surface area contributed by atoms with E-state index in [0.717, 1.165) is 0 Å². The van der Waals surface area contributed by atoms with Crippen LogP contribution in [0.4, 0.5) is 0 Å². The van der Waals surface area contributed by atoms with Crippen molar-refractivity contribution in [2.24, 2.45) is 5.73 Å². The summed E-state index contributed by atoms with van der Waals surface area (Å²) in [6.07, 6.45) is 0. The molecule has 0 radical (unpaired) electrons. The fourth-order valence-corrected chi connectivity index (χ4v) is 0.287. The van der Waals surface area contributed by atoms with Crippen LogP contribution in [-0.4, -0.2) is 17.9 Å². The number of carbonyl (C=O) groups excluding carboxylic acids is 2. The molecule has 4 heteroatoms. The molecule has 0 aromatic heterocycles. The van der Waals surface area contributed by atoms with Gasteiger partial charge in [0.2, 0.25) is 11.8 Å². The molecule has 1 atom stereocenters. The standard InChI is InChI=1S/C5H10N2O2/c1-3(6)5(9)7-4(2)8/h3H,6H2,1-2H3,(H,7,8,9). The van der Waals surface area contributed by atoms with Crippen LogP contribution in [-0.2, 0) is 9.59 Å². The maximum absolute atomic E-state index is 10.5. The molecule has 2 amide bonds. The Morgan fingerprint density at radius 3 is 2.11 bits per heavy atom. The molecule has 0 aromatic carbocycles. The largest absolute Gasteiger partial charge is 0.320 e. The second-order valence-electron chi connectivity index (χ2n) is 1.83. The van der Waals surface area contributed by atoms with Crippen LogP contribution in [0, 0.1) is 0 Å². The quantitative estimate of drug-likeness (QED) is 0.478. The summed E-state index contributed by atoms with van der Waals surface area (Å²) in [6, 6.07) is -0.617. The first-order valence-electron chi connectivity index (χ1n) is 2.61. The minimum atomic E-state index is -0.617. The van der Waals surface area contributed by atoms with Crippen LogP contribution < -0.4 is 11.1 Å². The van der Waals surface area contributed by atoms with Gasteiger partial charge in [-0.1, -0.05) is 0 Å². The summed E-state index contributed by atoms with van der Waals surface area (Å²) in [6.45, 7) is 2.78. The SMILES string of the molecule is CC(=O)NC(=O)C(C)N.